The van der Waals surface area contributed by atoms with Crippen LogP contribution < -0.4 is 5.32 Å². The normalized spacial score (nSPS) is 23.9. The molecule has 0 saturated carbocycles. The summed E-state index contributed by atoms with van der Waals surface area (Å²) in [5, 5.41) is 2.86. The minimum absolute atomic E-state index is 0.0686. The van der Waals surface area contributed by atoms with E-state index in [9.17, 15) is 18.0 Å². The lowest BCUT2D eigenvalue weighted by molar-refractivity contribution is -0.119. The van der Waals surface area contributed by atoms with Crippen molar-refractivity contribution < 1.29 is 22.7 Å². The average molecular weight is 472 g/mol. The number of carbonyl (C=O) groups is 2. The Hall–Kier alpha value is -2.75. The number of nitrogens with one attached hydrogen (secondary N) is 1. The standard InChI is InChI=1S/C24H29N3O5S/c1-17-15-26(16-18(2)32-17)33(30,31)21-11-6-8-19(14-21)24(29)27-13-7-12-22(27)23(28)25-20-9-4-3-5-10-20/h3-6,8-11,14,17-18,22H,7,12-13,15-16H2,1-2H3,(H,25,28). The molecule has 0 spiro atoms. The molecule has 9 heteroatoms. The molecule has 2 saturated heterocycles. The Morgan fingerprint density at radius 1 is 1.00 bits per heavy atom. The number of para-hydroxylation sites is 1. The smallest absolute Gasteiger partial charge is 0.254 e. The molecule has 33 heavy (non-hydrogen) atoms. The van der Waals surface area contributed by atoms with E-state index in [4.69, 9.17) is 4.74 Å². The number of hydrogen-bond acceptors (Lipinski definition) is 5. The summed E-state index contributed by atoms with van der Waals surface area (Å²) >= 11 is 0. The number of anilines is 1. The number of carbonyl (C=O) groups excluding carboxylic acids is 2. The SMILES string of the molecule is CC1CN(S(=O)(=O)c2cccc(C(=O)N3CCCC3C(=O)Nc3ccccc3)c2)CC(C)O1. The second-order valence-electron chi connectivity index (χ2n) is 8.62. The number of nitrogens with zero attached hydrogens (tertiary/aromatic N) is 2. The van der Waals surface area contributed by atoms with Gasteiger partial charge in [0.15, 0.2) is 0 Å². The lowest BCUT2D eigenvalue weighted by Crippen LogP contribution is -2.48. The van der Waals surface area contributed by atoms with E-state index in [2.05, 4.69) is 5.32 Å². The minimum atomic E-state index is -3.77. The maximum absolute atomic E-state index is 13.3. The van der Waals surface area contributed by atoms with Gasteiger partial charge in [-0.2, -0.15) is 4.31 Å². The Balaban J connectivity index is 1.53. The molecule has 4 rings (SSSR count). The van der Waals surface area contributed by atoms with Gasteiger partial charge in [-0.3, -0.25) is 9.59 Å². The molecule has 3 unspecified atom stereocenters. The fraction of sp³-hybridized carbons (Fsp3) is 0.417. The van der Waals surface area contributed by atoms with Gasteiger partial charge in [-0.1, -0.05) is 24.3 Å². The molecule has 2 aromatic rings. The van der Waals surface area contributed by atoms with Crippen molar-refractivity contribution in [1.29, 1.82) is 0 Å². The van der Waals surface area contributed by atoms with Crippen LogP contribution in [0.2, 0.25) is 0 Å². The van der Waals surface area contributed by atoms with E-state index in [0.717, 1.165) is 0 Å². The van der Waals surface area contributed by atoms with Crippen LogP contribution in [0.4, 0.5) is 5.69 Å². The second-order valence-corrected chi connectivity index (χ2v) is 10.6. The number of ether oxygens (including phenoxy) is 1. The Kier molecular flexibility index (Phi) is 6.83. The molecule has 2 aliphatic rings. The van der Waals surface area contributed by atoms with Crippen molar-refractivity contribution in [2.45, 2.75) is 49.8 Å². The lowest BCUT2D eigenvalue weighted by atomic mass is 10.1. The van der Waals surface area contributed by atoms with E-state index in [1.165, 1.54) is 21.3 Å². The topological polar surface area (TPSA) is 96.0 Å². The molecule has 3 atom stereocenters. The number of likely N-dealkylation sites (tertiary alicyclic amines) is 1. The largest absolute Gasteiger partial charge is 0.373 e. The summed E-state index contributed by atoms with van der Waals surface area (Å²) in [5.41, 5.74) is 0.925. The van der Waals surface area contributed by atoms with Gasteiger partial charge in [-0.25, -0.2) is 8.42 Å². The minimum Gasteiger partial charge on any atom is -0.373 e. The summed E-state index contributed by atoms with van der Waals surface area (Å²) in [7, 11) is -3.77. The molecule has 0 aromatic heterocycles. The first-order chi connectivity index (χ1) is 15.8. The van der Waals surface area contributed by atoms with E-state index in [-0.39, 0.29) is 47.6 Å². The second kappa shape index (κ2) is 9.62. The van der Waals surface area contributed by atoms with Gasteiger partial charge in [0, 0.05) is 30.9 Å². The maximum atomic E-state index is 13.3. The van der Waals surface area contributed by atoms with Crippen LogP contribution in [0, 0.1) is 0 Å². The number of morpholine rings is 1. The Morgan fingerprint density at radius 3 is 2.39 bits per heavy atom. The lowest BCUT2D eigenvalue weighted by Gasteiger charge is -2.34. The first-order valence-corrected chi connectivity index (χ1v) is 12.6. The molecule has 1 N–H and O–H groups in total. The van der Waals surface area contributed by atoms with E-state index in [1.807, 2.05) is 32.0 Å². The summed E-state index contributed by atoms with van der Waals surface area (Å²) < 4.78 is 33.5. The zero-order valence-corrected chi connectivity index (χ0v) is 19.6. The molecule has 176 valence electrons. The Morgan fingerprint density at radius 2 is 1.70 bits per heavy atom. The molecule has 2 amide bonds. The van der Waals surface area contributed by atoms with Gasteiger partial charge in [0.2, 0.25) is 15.9 Å². The van der Waals surface area contributed by atoms with Crippen LogP contribution in [0.1, 0.15) is 37.0 Å². The predicted octanol–water partition coefficient (Wildman–Crippen LogP) is 2.73. The van der Waals surface area contributed by atoms with Gasteiger partial charge < -0.3 is 15.0 Å². The number of sulfonamides is 1. The van der Waals surface area contributed by atoms with Crippen LogP contribution in [0.5, 0.6) is 0 Å². The van der Waals surface area contributed by atoms with Gasteiger partial charge in [0.25, 0.3) is 5.91 Å². The van der Waals surface area contributed by atoms with Gasteiger partial charge in [-0.05, 0) is 57.0 Å². The zero-order chi connectivity index (χ0) is 23.6. The van der Waals surface area contributed by atoms with Gasteiger partial charge >= 0.3 is 0 Å². The molecule has 2 heterocycles. The summed E-state index contributed by atoms with van der Waals surface area (Å²) in [6.07, 6.45) is 0.857. The highest BCUT2D eigenvalue weighted by Gasteiger charge is 2.36. The number of benzene rings is 2. The third kappa shape index (κ3) is 5.10. The summed E-state index contributed by atoms with van der Waals surface area (Å²) in [4.78, 5) is 27.7. The van der Waals surface area contributed by atoms with E-state index >= 15 is 0 Å². The Labute approximate surface area is 194 Å². The third-order valence-corrected chi connectivity index (χ3v) is 7.79. The van der Waals surface area contributed by atoms with Crippen molar-refractivity contribution in [1.82, 2.24) is 9.21 Å². The van der Waals surface area contributed by atoms with Crippen molar-refractivity contribution in [3.63, 3.8) is 0 Å². The van der Waals surface area contributed by atoms with Crippen molar-refractivity contribution in [2.24, 2.45) is 0 Å². The van der Waals surface area contributed by atoms with Gasteiger partial charge in [-0.15, -0.1) is 0 Å². The average Bonchev–Trinajstić information content (AvgIpc) is 3.29. The maximum Gasteiger partial charge on any atom is 0.254 e. The van der Waals surface area contributed by atoms with E-state index < -0.39 is 16.1 Å². The predicted molar refractivity (Wildman–Crippen MR) is 124 cm³/mol. The molecule has 0 bridgehead atoms. The quantitative estimate of drug-likeness (QED) is 0.723. The van der Waals surface area contributed by atoms with Crippen LogP contribution in [-0.4, -0.2) is 67.3 Å². The fourth-order valence-electron chi connectivity index (χ4n) is 4.46. The Bertz CT molecular complexity index is 1110. The molecule has 0 aliphatic carbocycles. The fourth-order valence-corrected chi connectivity index (χ4v) is 6.10. The highest BCUT2D eigenvalue weighted by atomic mass is 32.2. The first kappa shape index (κ1) is 23.4. The van der Waals surface area contributed by atoms with Gasteiger partial charge in [0.1, 0.15) is 6.04 Å². The molecular weight excluding hydrogens is 442 g/mol. The van der Waals surface area contributed by atoms with Crippen molar-refractivity contribution in [2.75, 3.05) is 25.0 Å². The number of rotatable bonds is 5. The van der Waals surface area contributed by atoms with Crippen LogP contribution in [0.25, 0.3) is 0 Å². The van der Waals surface area contributed by atoms with Crippen molar-refractivity contribution in [3.8, 4) is 0 Å². The van der Waals surface area contributed by atoms with Crippen LogP contribution in [-0.2, 0) is 19.6 Å². The highest BCUT2D eigenvalue weighted by molar-refractivity contribution is 7.89. The van der Waals surface area contributed by atoms with E-state index in [0.29, 0.717) is 25.1 Å². The highest BCUT2D eigenvalue weighted by Crippen LogP contribution is 2.25. The molecule has 8 nitrogen and oxygen atoms in total. The molecular formula is C24H29N3O5S. The molecule has 0 radical (unpaired) electrons. The molecule has 2 fully saturated rings. The summed E-state index contributed by atoms with van der Waals surface area (Å²) in [6.45, 7) is 4.65. The summed E-state index contributed by atoms with van der Waals surface area (Å²) in [5.74, 6) is -0.589. The first-order valence-electron chi connectivity index (χ1n) is 11.2. The zero-order valence-electron chi connectivity index (χ0n) is 18.8. The number of amides is 2. The van der Waals surface area contributed by atoms with Crippen molar-refractivity contribution in [3.05, 3.63) is 60.2 Å². The summed E-state index contributed by atoms with van der Waals surface area (Å²) in [6, 6.07) is 14.6. The molecule has 2 aromatic carbocycles. The van der Waals surface area contributed by atoms with Crippen LogP contribution in [0.15, 0.2) is 59.5 Å². The van der Waals surface area contributed by atoms with Crippen molar-refractivity contribution >= 4 is 27.5 Å². The van der Waals surface area contributed by atoms with Crippen LogP contribution >= 0.6 is 0 Å². The third-order valence-electron chi connectivity index (χ3n) is 5.96. The van der Waals surface area contributed by atoms with Gasteiger partial charge in [0.05, 0.1) is 17.1 Å². The van der Waals surface area contributed by atoms with Crippen LogP contribution in [0.3, 0.4) is 0 Å². The monoisotopic (exact) mass is 471 g/mol. The number of hydrogen-bond donors (Lipinski definition) is 1. The molecule has 2 aliphatic heterocycles. The van der Waals surface area contributed by atoms with E-state index in [1.54, 1.807) is 24.3 Å².